The van der Waals surface area contributed by atoms with Gasteiger partial charge in [-0.15, -0.1) is 0 Å². The molecule has 2 atom stereocenters. The predicted octanol–water partition coefficient (Wildman–Crippen LogP) is 0.613. The van der Waals surface area contributed by atoms with E-state index in [1.165, 1.54) is 12.4 Å². The molecule has 1 saturated carbocycles. The number of carbonyl (C=O) groups excluding carboxylic acids is 1. The molecule has 3 heterocycles. The summed E-state index contributed by atoms with van der Waals surface area (Å²) in [6.07, 6.45) is 8.51. The number of ether oxygens (including phenoxy) is 1. The molecule has 7 nitrogen and oxygen atoms in total. The minimum atomic E-state index is -0.419. The number of piperidine rings is 2. The molecule has 8 heteroatoms. The Morgan fingerprint density at radius 3 is 2.52 bits per heavy atom. The van der Waals surface area contributed by atoms with Crippen LogP contribution in [0.4, 0.5) is 10.3 Å². The van der Waals surface area contributed by atoms with Gasteiger partial charge in [-0.25, -0.2) is 14.4 Å². The standard InChI is InChI=1S/C19H28FN5O2/c20-14-10-22-19(23-11-14)24-8-5-15(6-9-24)27-12-17-16(21)2-1-7-25(17)18(26)13-3-4-13/h10-11,13,15-17H,1-9,12,21H2/p+1. The van der Waals surface area contributed by atoms with Crippen molar-refractivity contribution in [2.24, 2.45) is 5.92 Å². The Hall–Kier alpha value is -1.80. The van der Waals surface area contributed by atoms with Gasteiger partial charge in [-0.2, -0.15) is 0 Å². The van der Waals surface area contributed by atoms with Crippen molar-refractivity contribution in [3.05, 3.63) is 18.2 Å². The third-order valence-corrected chi connectivity index (χ3v) is 5.96. The van der Waals surface area contributed by atoms with E-state index < -0.39 is 5.82 Å². The Balaban J connectivity index is 1.28. The lowest BCUT2D eigenvalue weighted by atomic mass is 9.96. The fourth-order valence-electron chi connectivity index (χ4n) is 4.13. The highest BCUT2D eigenvalue weighted by Gasteiger charge is 2.41. The number of carbonyl (C=O) groups is 1. The maximum Gasteiger partial charge on any atom is 0.226 e. The van der Waals surface area contributed by atoms with E-state index in [0.29, 0.717) is 18.5 Å². The van der Waals surface area contributed by atoms with Crippen LogP contribution in [-0.4, -0.2) is 65.2 Å². The summed E-state index contributed by atoms with van der Waals surface area (Å²) in [4.78, 5) is 24.8. The summed E-state index contributed by atoms with van der Waals surface area (Å²) >= 11 is 0. The Labute approximate surface area is 159 Å². The third kappa shape index (κ3) is 4.38. The molecule has 3 N–H and O–H groups in total. The molecule has 3 fully saturated rings. The zero-order valence-corrected chi connectivity index (χ0v) is 15.7. The van der Waals surface area contributed by atoms with Crippen LogP contribution in [0, 0.1) is 11.7 Å². The number of nitrogens with zero attached hydrogens (tertiary/aromatic N) is 4. The van der Waals surface area contributed by atoms with E-state index in [4.69, 9.17) is 4.74 Å². The Kier molecular flexibility index (Phi) is 5.54. The number of halogens is 1. The number of quaternary nitrogens is 1. The normalized spacial score (nSPS) is 27.0. The molecule has 2 unspecified atom stereocenters. The second kappa shape index (κ2) is 8.06. The maximum atomic E-state index is 13.0. The summed E-state index contributed by atoms with van der Waals surface area (Å²) < 4.78 is 19.2. The largest absolute Gasteiger partial charge is 0.376 e. The average molecular weight is 378 g/mol. The van der Waals surface area contributed by atoms with Crippen LogP contribution in [0.15, 0.2) is 12.4 Å². The number of rotatable bonds is 5. The van der Waals surface area contributed by atoms with Crippen LogP contribution in [0.25, 0.3) is 0 Å². The van der Waals surface area contributed by atoms with E-state index in [1.807, 2.05) is 4.90 Å². The van der Waals surface area contributed by atoms with E-state index in [9.17, 15) is 9.18 Å². The van der Waals surface area contributed by atoms with Crippen LogP contribution in [-0.2, 0) is 9.53 Å². The second-order valence-electron chi connectivity index (χ2n) is 8.00. The Morgan fingerprint density at radius 1 is 1.15 bits per heavy atom. The van der Waals surface area contributed by atoms with Crippen LogP contribution in [0.1, 0.15) is 38.5 Å². The van der Waals surface area contributed by atoms with E-state index in [-0.39, 0.29) is 24.1 Å². The minimum Gasteiger partial charge on any atom is -0.376 e. The number of hydrogen-bond donors (Lipinski definition) is 1. The number of aromatic nitrogens is 2. The van der Waals surface area contributed by atoms with Gasteiger partial charge >= 0.3 is 0 Å². The van der Waals surface area contributed by atoms with Gasteiger partial charge in [0.1, 0.15) is 12.1 Å². The third-order valence-electron chi connectivity index (χ3n) is 5.96. The molecule has 1 aromatic rings. The average Bonchev–Trinajstić information content (AvgIpc) is 3.53. The lowest BCUT2D eigenvalue weighted by molar-refractivity contribution is -0.438. The van der Waals surface area contributed by atoms with E-state index in [2.05, 4.69) is 20.6 Å². The van der Waals surface area contributed by atoms with Crippen molar-refractivity contribution in [1.82, 2.24) is 14.9 Å². The number of hydrogen-bond acceptors (Lipinski definition) is 5. The van der Waals surface area contributed by atoms with Crippen LogP contribution in [0.5, 0.6) is 0 Å². The van der Waals surface area contributed by atoms with Gasteiger partial charge < -0.3 is 20.3 Å². The topological polar surface area (TPSA) is 86.2 Å². The molecule has 0 aromatic carbocycles. The van der Waals surface area contributed by atoms with Crippen LogP contribution in [0.3, 0.4) is 0 Å². The lowest BCUT2D eigenvalue weighted by Crippen LogP contribution is -2.73. The summed E-state index contributed by atoms with van der Waals surface area (Å²) in [5, 5.41) is 0. The van der Waals surface area contributed by atoms with E-state index >= 15 is 0 Å². The van der Waals surface area contributed by atoms with Crippen LogP contribution < -0.4 is 10.6 Å². The van der Waals surface area contributed by atoms with Crippen molar-refractivity contribution in [3.63, 3.8) is 0 Å². The van der Waals surface area contributed by atoms with Crippen molar-refractivity contribution in [1.29, 1.82) is 0 Å². The quantitative estimate of drug-likeness (QED) is 0.811. The highest BCUT2D eigenvalue weighted by molar-refractivity contribution is 5.81. The first-order valence-corrected chi connectivity index (χ1v) is 10.1. The molecule has 1 amide bonds. The first kappa shape index (κ1) is 18.6. The first-order chi connectivity index (χ1) is 13.1. The lowest BCUT2D eigenvalue weighted by Gasteiger charge is -2.39. The van der Waals surface area contributed by atoms with Crippen molar-refractivity contribution in [3.8, 4) is 0 Å². The van der Waals surface area contributed by atoms with Gasteiger partial charge in [0, 0.05) is 32.0 Å². The number of amides is 1. The molecule has 4 rings (SSSR count). The molecule has 2 aliphatic heterocycles. The van der Waals surface area contributed by atoms with Gasteiger partial charge in [-0.05, 0) is 32.1 Å². The summed E-state index contributed by atoms with van der Waals surface area (Å²) in [5.41, 5.74) is 4.28. The summed E-state index contributed by atoms with van der Waals surface area (Å²) in [5.74, 6) is 0.704. The Morgan fingerprint density at radius 2 is 1.85 bits per heavy atom. The molecule has 0 radical (unpaired) electrons. The second-order valence-corrected chi connectivity index (χ2v) is 8.00. The monoisotopic (exact) mass is 378 g/mol. The van der Waals surface area contributed by atoms with Crippen molar-refractivity contribution in [2.45, 2.75) is 56.7 Å². The number of likely N-dealkylation sites (tertiary alicyclic amines) is 1. The number of anilines is 1. The minimum absolute atomic E-state index is 0.102. The fraction of sp³-hybridized carbons (Fsp3) is 0.737. The maximum absolute atomic E-state index is 13.0. The molecular formula is C19H29FN5O2+. The molecular weight excluding hydrogens is 349 g/mol. The molecule has 0 bridgehead atoms. The van der Waals surface area contributed by atoms with Gasteiger partial charge in [0.05, 0.1) is 25.1 Å². The van der Waals surface area contributed by atoms with E-state index in [1.54, 1.807) is 0 Å². The highest BCUT2D eigenvalue weighted by atomic mass is 19.1. The molecule has 3 aliphatic rings. The van der Waals surface area contributed by atoms with Gasteiger partial charge in [0.25, 0.3) is 0 Å². The summed E-state index contributed by atoms with van der Waals surface area (Å²) in [6, 6.07) is 0.347. The van der Waals surface area contributed by atoms with Gasteiger partial charge in [0.2, 0.25) is 11.9 Å². The molecule has 27 heavy (non-hydrogen) atoms. The van der Waals surface area contributed by atoms with Crippen molar-refractivity contribution < 1.29 is 19.7 Å². The van der Waals surface area contributed by atoms with E-state index in [0.717, 1.165) is 58.2 Å². The van der Waals surface area contributed by atoms with Gasteiger partial charge in [-0.3, -0.25) is 4.79 Å². The molecule has 1 aromatic heterocycles. The first-order valence-electron chi connectivity index (χ1n) is 10.1. The zero-order valence-electron chi connectivity index (χ0n) is 15.7. The van der Waals surface area contributed by atoms with Gasteiger partial charge in [-0.1, -0.05) is 0 Å². The van der Waals surface area contributed by atoms with Crippen molar-refractivity contribution >= 4 is 11.9 Å². The van der Waals surface area contributed by atoms with Crippen LogP contribution >= 0.6 is 0 Å². The molecule has 148 valence electrons. The van der Waals surface area contributed by atoms with Gasteiger partial charge in [0.15, 0.2) is 5.82 Å². The zero-order chi connectivity index (χ0) is 18.8. The molecule has 0 spiro atoms. The fourth-order valence-corrected chi connectivity index (χ4v) is 4.13. The summed E-state index contributed by atoms with van der Waals surface area (Å²) in [7, 11) is 0. The predicted molar refractivity (Wildman–Crippen MR) is 97.3 cm³/mol. The summed E-state index contributed by atoms with van der Waals surface area (Å²) in [6.45, 7) is 3.00. The molecule has 2 saturated heterocycles. The Bertz CT molecular complexity index is 646. The highest BCUT2D eigenvalue weighted by Crippen LogP contribution is 2.33. The molecule has 1 aliphatic carbocycles. The smallest absolute Gasteiger partial charge is 0.226 e. The van der Waals surface area contributed by atoms with Crippen molar-refractivity contribution in [2.75, 3.05) is 31.1 Å². The van der Waals surface area contributed by atoms with Crippen LogP contribution in [0.2, 0.25) is 0 Å². The SMILES string of the molecule is [NH3+]C1CCCN(C(=O)C2CC2)C1COC1CCN(c2ncc(F)cn2)CC1.